The number of hydrogen-bond donors (Lipinski definition) is 0. The van der Waals surface area contributed by atoms with Crippen molar-refractivity contribution in [3.05, 3.63) is 28.7 Å². The molecule has 19 heavy (non-hydrogen) atoms. The Kier molecular flexibility index (Phi) is 9.22. The van der Waals surface area contributed by atoms with Gasteiger partial charge in [-0.2, -0.15) is 9.59 Å². The van der Waals surface area contributed by atoms with Crippen LogP contribution in [0, 0.1) is 0 Å². The minimum absolute atomic E-state index is 0.250. The van der Waals surface area contributed by atoms with E-state index in [1.54, 1.807) is 6.92 Å². The second-order valence-electron chi connectivity index (χ2n) is 3.17. The van der Waals surface area contributed by atoms with Crippen LogP contribution in [-0.2, 0) is 19.1 Å². The fourth-order valence-corrected chi connectivity index (χ4v) is 1.54. The number of para-hydroxylation sites is 1. The van der Waals surface area contributed by atoms with E-state index >= 15 is 0 Å². The first-order chi connectivity index (χ1) is 9.10. The monoisotopic (exact) mass is 327 g/mol. The van der Waals surface area contributed by atoms with Gasteiger partial charge in [0.25, 0.3) is 0 Å². The van der Waals surface area contributed by atoms with E-state index in [4.69, 9.17) is 14.3 Å². The number of nitrogens with zero attached hydrogens (tertiary/aromatic N) is 1. The van der Waals surface area contributed by atoms with Gasteiger partial charge < -0.3 is 4.74 Å². The van der Waals surface area contributed by atoms with Crippen LogP contribution < -0.4 is 0 Å². The van der Waals surface area contributed by atoms with E-state index in [-0.39, 0.29) is 12.1 Å². The molecule has 0 aliphatic rings. The SMILES string of the molecule is CCOC(=O)C(CC)=Nc1ccccc1Br.O=C=O. The molecule has 5 nitrogen and oxygen atoms in total. The molecule has 102 valence electrons. The average molecular weight is 328 g/mol. The first-order valence-electron chi connectivity index (χ1n) is 5.59. The Labute approximate surface area is 119 Å². The number of aliphatic imine (C=N–C) groups is 1. The molecule has 0 bridgehead atoms. The van der Waals surface area contributed by atoms with E-state index in [9.17, 15) is 4.79 Å². The Morgan fingerprint density at radius 2 is 1.89 bits per heavy atom. The van der Waals surface area contributed by atoms with Gasteiger partial charge in [0, 0.05) is 4.47 Å². The smallest absolute Gasteiger partial charge is 0.373 e. The Bertz CT molecular complexity index is 479. The van der Waals surface area contributed by atoms with Gasteiger partial charge in [-0.25, -0.2) is 9.79 Å². The third-order valence-corrected chi connectivity index (χ3v) is 2.62. The molecule has 0 atom stereocenters. The minimum atomic E-state index is -0.347. The molecule has 0 aliphatic heterocycles. The van der Waals surface area contributed by atoms with Crippen LogP contribution in [0.3, 0.4) is 0 Å². The summed E-state index contributed by atoms with van der Waals surface area (Å²) >= 11 is 3.38. The second-order valence-corrected chi connectivity index (χ2v) is 4.02. The number of ether oxygens (including phenoxy) is 1. The molecule has 0 heterocycles. The molecule has 0 unspecified atom stereocenters. The number of carbonyl (C=O) groups is 1. The Morgan fingerprint density at radius 3 is 2.37 bits per heavy atom. The standard InChI is InChI=1S/C12H14BrNO2.CO2/c1-3-10(12(15)16-4-2)14-11-8-6-5-7-9(11)13;2-1-3/h5-8H,3-4H2,1-2H3;. The lowest BCUT2D eigenvalue weighted by Crippen LogP contribution is -2.16. The van der Waals surface area contributed by atoms with Crippen LogP contribution in [0.25, 0.3) is 0 Å². The molecule has 0 aliphatic carbocycles. The van der Waals surface area contributed by atoms with Crippen molar-refractivity contribution >= 4 is 39.4 Å². The van der Waals surface area contributed by atoms with Crippen LogP contribution in [0.2, 0.25) is 0 Å². The molecule has 0 N–H and O–H groups in total. The van der Waals surface area contributed by atoms with Crippen molar-refractivity contribution in [1.82, 2.24) is 0 Å². The molecule has 1 rings (SSSR count). The molecule has 0 fully saturated rings. The topological polar surface area (TPSA) is 72.8 Å². The number of esters is 1. The molecule has 0 spiro atoms. The minimum Gasteiger partial charge on any atom is -0.462 e. The number of halogens is 1. The molecule has 0 radical (unpaired) electrons. The maximum absolute atomic E-state index is 11.5. The zero-order chi connectivity index (χ0) is 14.7. The number of benzene rings is 1. The van der Waals surface area contributed by atoms with Gasteiger partial charge in [-0.1, -0.05) is 19.1 Å². The normalized spacial score (nSPS) is 9.95. The molecule has 0 saturated heterocycles. The highest BCUT2D eigenvalue weighted by atomic mass is 79.9. The van der Waals surface area contributed by atoms with Gasteiger partial charge in [-0.3, -0.25) is 0 Å². The second kappa shape index (κ2) is 10.2. The van der Waals surface area contributed by atoms with E-state index in [0.29, 0.717) is 18.7 Å². The van der Waals surface area contributed by atoms with E-state index in [1.165, 1.54) is 0 Å². The van der Waals surface area contributed by atoms with E-state index < -0.39 is 0 Å². The van der Waals surface area contributed by atoms with Crippen molar-refractivity contribution in [3.63, 3.8) is 0 Å². The van der Waals surface area contributed by atoms with Crippen molar-refractivity contribution < 1.29 is 19.1 Å². The maximum Gasteiger partial charge on any atom is 0.373 e. The van der Waals surface area contributed by atoms with Gasteiger partial charge in [-0.15, -0.1) is 0 Å². The first kappa shape index (κ1) is 17.2. The highest BCUT2D eigenvalue weighted by Crippen LogP contribution is 2.24. The lowest BCUT2D eigenvalue weighted by molar-refractivity contribution is -0.191. The third-order valence-electron chi connectivity index (χ3n) is 1.95. The lowest BCUT2D eigenvalue weighted by atomic mass is 10.2. The summed E-state index contributed by atoms with van der Waals surface area (Å²) in [6.07, 6.45) is 0.806. The zero-order valence-corrected chi connectivity index (χ0v) is 12.3. The van der Waals surface area contributed by atoms with Gasteiger partial charge in [0.15, 0.2) is 0 Å². The summed E-state index contributed by atoms with van der Waals surface area (Å²) in [5, 5.41) is 0. The van der Waals surface area contributed by atoms with Gasteiger partial charge >= 0.3 is 12.1 Å². The largest absolute Gasteiger partial charge is 0.462 e. The Hall–Kier alpha value is -1.78. The average Bonchev–Trinajstić information content (AvgIpc) is 2.39. The molecule has 0 amide bonds. The molecular formula is C13H14BrNO4. The number of hydrogen-bond acceptors (Lipinski definition) is 5. The fourth-order valence-electron chi connectivity index (χ4n) is 1.17. The van der Waals surface area contributed by atoms with Crippen LogP contribution in [0.15, 0.2) is 33.7 Å². The van der Waals surface area contributed by atoms with Gasteiger partial charge in [0.1, 0.15) is 5.71 Å². The summed E-state index contributed by atoms with van der Waals surface area (Å²) in [6, 6.07) is 7.51. The predicted molar refractivity (Wildman–Crippen MR) is 73.2 cm³/mol. The van der Waals surface area contributed by atoms with Crippen LogP contribution in [0.5, 0.6) is 0 Å². The van der Waals surface area contributed by atoms with E-state index in [2.05, 4.69) is 20.9 Å². The quantitative estimate of drug-likeness (QED) is 0.629. The van der Waals surface area contributed by atoms with Crippen molar-refractivity contribution in [2.75, 3.05) is 6.61 Å². The Balaban J connectivity index is 0.000000982. The fraction of sp³-hybridized carbons (Fsp3) is 0.308. The molecule has 1 aromatic rings. The Morgan fingerprint density at radius 1 is 1.32 bits per heavy atom. The van der Waals surface area contributed by atoms with Crippen molar-refractivity contribution in [1.29, 1.82) is 0 Å². The van der Waals surface area contributed by atoms with Crippen LogP contribution in [-0.4, -0.2) is 24.4 Å². The summed E-state index contributed by atoms with van der Waals surface area (Å²) in [4.78, 5) is 32.1. The highest BCUT2D eigenvalue weighted by Gasteiger charge is 2.10. The van der Waals surface area contributed by atoms with Crippen molar-refractivity contribution in [2.45, 2.75) is 20.3 Å². The third kappa shape index (κ3) is 6.64. The predicted octanol–water partition coefficient (Wildman–Crippen LogP) is 2.91. The van der Waals surface area contributed by atoms with Crippen LogP contribution in [0.1, 0.15) is 20.3 Å². The molecule has 0 saturated carbocycles. The highest BCUT2D eigenvalue weighted by molar-refractivity contribution is 9.10. The van der Waals surface area contributed by atoms with E-state index in [1.807, 2.05) is 31.2 Å². The molecule has 0 aromatic heterocycles. The number of carbonyl (C=O) groups excluding carboxylic acids is 3. The summed E-state index contributed by atoms with van der Waals surface area (Å²) in [5.41, 5.74) is 1.18. The van der Waals surface area contributed by atoms with Crippen molar-refractivity contribution in [3.8, 4) is 0 Å². The van der Waals surface area contributed by atoms with Crippen molar-refractivity contribution in [2.24, 2.45) is 4.99 Å². The van der Waals surface area contributed by atoms with Gasteiger partial charge in [0.2, 0.25) is 0 Å². The van der Waals surface area contributed by atoms with Gasteiger partial charge in [-0.05, 0) is 41.4 Å². The molecular weight excluding hydrogens is 314 g/mol. The van der Waals surface area contributed by atoms with E-state index in [0.717, 1.165) is 10.2 Å². The number of rotatable bonds is 4. The maximum atomic E-state index is 11.5. The van der Waals surface area contributed by atoms with Crippen LogP contribution in [0.4, 0.5) is 5.69 Å². The zero-order valence-electron chi connectivity index (χ0n) is 10.7. The summed E-state index contributed by atoms with van der Waals surface area (Å²) in [6.45, 7) is 4.03. The first-order valence-corrected chi connectivity index (χ1v) is 6.38. The summed E-state index contributed by atoms with van der Waals surface area (Å²) in [7, 11) is 0. The molecule has 1 aromatic carbocycles. The van der Waals surface area contributed by atoms with Crippen LogP contribution >= 0.6 is 15.9 Å². The lowest BCUT2D eigenvalue weighted by Gasteiger charge is -2.04. The summed E-state index contributed by atoms with van der Waals surface area (Å²) < 4.78 is 5.79. The summed E-state index contributed by atoms with van der Waals surface area (Å²) in [5.74, 6) is -0.347. The molecule has 6 heteroatoms. The van der Waals surface area contributed by atoms with Gasteiger partial charge in [0.05, 0.1) is 12.3 Å².